The molecule has 0 N–H and O–H groups in total. The molecule has 134 valence electrons. The van der Waals surface area contributed by atoms with Crippen molar-refractivity contribution in [2.45, 2.75) is 19.1 Å². The highest BCUT2D eigenvalue weighted by molar-refractivity contribution is 6.05. The largest absolute Gasteiger partial charge is 0.497 e. The lowest BCUT2D eigenvalue weighted by Gasteiger charge is -2.14. The van der Waals surface area contributed by atoms with Gasteiger partial charge in [-0.25, -0.2) is 0 Å². The number of ether oxygens (including phenoxy) is 3. The smallest absolute Gasteiger partial charge is 0.269 e. The maximum Gasteiger partial charge on any atom is 0.269 e. The second kappa shape index (κ2) is 6.37. The molecule has 6 nitrogen and oxygen atoms in total. The topological polar surface area (TPSA) is 61.6 Å². The number of hydrogen-bond acceptors (Lipinski definition) is 6. The van der Waals surface area contributed by atoms with Crippen LogP contribution in [0.4, 0.5) is 0 Å². The number of nitrogens with zero attached hydrogens (tertiary/aromatic N) is 2. The molecule has 2 aliphatic rings. The first-order chi connectivity index (χ1) is 12.6. The van der Waals surface area contributed by atoms with E-state index < -0.39 is 5.72 Å². The lowest BCUT2D eigenvalue weighted by molar-refractivity contribution is -0.0277. The van der Waals surface area contributed by atoms with E-state index in [0.29, 0.717) is 24.7 Å². The zero-order chi connectivity index (χ0) is 18.1. The molecule has 0 fully saturated rings. The van der Waals surface area contributed by atoms with Gasteiger partial charge in [0.05, 0.1) is 26.4 Å². The van der Waals surface area contributed by atoms with Crippen molar-refractivity contribution >= 4 is 11.6 Å². The molecule has 0 aromatic heterocycles. The van der Waals surface area contributed by atoms with E-state index in [4.69, 9.17) is 19.0 Å². The molecule has 0 aliphatic carbocycles. The Kier molecular flexibility index (Phi) is 4.03. The van der Waals surface area contributed by atoms with Crippen molar-refractivity contribution in [3.63, 3.8) is 0 Å². The molecule has 4 rings (SSSR count). The molecule has 2 heterocycles. The average Bonchev–Trinajstić information content (AvgIpc) is 3.29. The summed E-state index contributed by atoms with van der Waals surface area (Å²) >= 11 is 0. The molecule has 26 heavy (non-hydrogen) atoms. The Morgan fingerprint density at radius 1 is 1.04 bits per heavy atom. The van der Waals surface area contributed by atoms with Gasteiger partial charge in [0, 0.05) is 11.1 Å². The van der Waals surface area contributed by atoms with Crippen LogP contribution in [0.3, 0.4) is 0 Å². The van der Waals surface area contributed by atoms with Crippen molar-refractivity contribution in [1.29, 1.82) is 0 Å². The highest BCUT2D eigenvalue weighted by Gasteiger charge is 2.45. The van der Waals surface area contributed by atoms with E-state index in [1.807, 2.05) is 49.4 Å². The first kappa shape index (κ1) is 16.4. The van der Waals surface area contributed by atoms with E-state index in [9.17, 15) is 0 Å². The minimum Gasteiger partial charge on any atom is -0.497 e. The summed E-state index contributed by atoms with van der Waals surface area (Å²) in [6, 6.07) is 13.6. The molecule has 6 heteroatoms. The predicted octanol–water partition coefficient (Wildman–Crippen LogP) is 3.31. The second-order valence-electron chi connectivity index (χ2n) is 6.39. The Balaban J connectivity index is 1.59. The Hall–Kier alpha value is -3.02. The third-order valence-corrected chi connectivity index (χ3v) is 4.53. The minimum atomic E-state index is -0.816. The summed E-state index contributed by atoms with van der Waals surface area (Å²) in [5, 5.41) is 4.26. The number of aryl methyl sites for hydroxylation is 1. The van der Waals surface area contributed by atoms with E-state index in [1.165, 1.54) is 5.56 Å². The Labute approximate surface area is 152 Å². The van der Waals surface area contributed by atoms with Crippen molar-refractivity contribution < 1.29 is 19.0 Å². The third-order valence-electron chi connectivity index (χ3n) is 4.53. The number of hydrogen-bond donors (Lipinski definition) is 0. The fraction of sp³-hybridized carbons (Fsp3) is 0.300. The van der Waals surface area contributed by atoms with Crippen molar-refractivity contribution in [3.8, 4) is 11.5 Å². The molecule has 0 saturated heterocycles. The molecule has 1 spiro atoms. The lowest BCUT2D eigenvalue weighted by atomic mass is 10.0. The molecular weight excluding hydrogens is 332 g/mol. The molecule has 1 unspecified atom stereocenters. The molecular formula is C20H20N2O4. The fourth-order valence-electron chi connectivity index (χ4n) is 3.06. The molecule has 0 bridgehead atoms. The van der Waals surface area contributed by atoms with E-state index in [0.717, 1.165) is 22.6 Å². The minimum absolute atomic E-state index is 0.329. The SMILES string of the molecule is COc1ccc(OC)c(C2=NOC3(COC(c4ccc(C)cc4)=N3)C2)c1. The van der Waals surface area contributed by atoms with E-state index in [-0.39, 0.29) is 0 Å². The van der Waals surface area contributed by atoms with Gasteiger partial charge in [0.1, 0.15) is 11.5 Å². The maximum absolute atomic E-state index is 5.80. The van der Waals surface area contributed by atoms with Gasteiger partial charge >= 0.3 is 0 Å². The standard InChI is InChI=1S/C20H20N2O4/c1-13-4-6-14(7-5-13)19-21-20(12-25-19)11-17(22-26-20)16-10-15(23-2)8-9-18(16)24-3/h4-10H,11-12H2,1-3H3. The Morgan fingerprint density at radius 2 is 1.85 bits per heavy atom. The fourth-order valence-corrected chi connectivity index (χ4v) is 3.06. The first-order valence-corrected chi connectivity index (χ1v) is 8.40. The monoisotopic (exact) mass is 352 g/mol. The van der Waals surface area contributed by atoms with Crippen LogP contribution in [0.5, 0.6) is 11.5 Å². The molecule has 1 atom stereocenters. The number of benzene rings is 2. The summed E-state index contributed by atoms with van der Waals surface area (Å²) in [5.41, 5.74) is 2.91. The van der Waals surface area contributed by atoms with Crippen LogP contribution in [-0.4, -0.2) is 38.2 Å². The normalized spacial score (nSPS) is 21.0. The van der Waals surface area contributed by atoms with Gasteiger partial charge in [-0.15, -0.1) is 0 Å². The summed E-state index contributed by atoms with van der Waals surface area (Å²) in [5.74, 6) is 2.03. The van der Waals surface area contributed by atoms with Crippen molar-refractivity contribution in [2.24, 2.45) is 10.1 Å². The van der Waals surface area contributed by atoms with Gasteiger partial charge in [-0.05, 0) is 37.3 Å². The van der Waals surface area contributed by atoms with Crippen LogP contribution >= 0.6 is 0 Å². The van der Waals surface area contributed by atoms with Crippen molar-refractivity contribution in [1.82, 2.24) is 0 Å². The van der Waals surface area contributed by atoms with Gasteiger partial charge in [0.2, 0.25) is 5.90 Å². The molecule has 0 amide bonds. The summed E-state index contributed by atoms with van der Waals surface area (Å²) in [7, 11) is 3.26. The lowest BCUT2D eigenvalue weighted by Crippen LogP contribution is -2.28. The highest BCUT2D eigenvalue weighted by Crippen LogP contribution is 2.36. The molecule has 2 aliphatic heterocycles. The summed E-state index contributed by atoms with van der Waals surface area (Å²) in [6.07, 6.45) is 0.506. The van der Waals surface area contributed by atoms with E-state index >= 15 is 0 Å². The van der Waals surface area contributed by atoms with Crippen LogP contribution < -0.4 is 9.47 Å². The molecule has 0 saturated carbocycles. The first-order valence-electron chi connectivity index (χ1n) is 8.40. The Morgan fingerprint density at radius 3 is 2.58 bits per heavy atom. The number of aliphatic imine (C=N–C) groups is 1. The average molecular weight is 352 g/mol. The third kappa shape index (κ3) is 2.87. The number of methoxy groups -OCH3 is 2. The zero-order valence-electron chi connectivity index (χ0n) is 15.0. The van der Waals surface area contributed by atoms with Crippen LogP contribution in [-0.2, 0) is 9.57 Å². The summed E-state index contributed by atoms with van der Waals surface area (Å²) in [4.78, 5) is 10.4. The van der Waals surface area contributed by atoms with Crippen LogP contribution in [0.25, 0.3) is 0 Å². The maximum atomic E-state index is 5.80. The quantitative estimate of drug-likeness (QED) is 0.847. The van der Waals surface area contributed by atoms with Gasteiger partial charge in [-0.3, -0.25) is 0 Å². The van der Waals surface area contributed by atoms with Gasteiger partial charge in [0.15, 0.2) is 6.61 Å². The zero-order valence-corrected chi connectivity index (χ0v) is 15.0. The number of oxime groups is 1. The molecule has 0 radical (unpaired) electrons. The van der Waals surface area contributed by atoms with Crippen LogP contribution in [0.2, 0.25) is 0 Å². The number of rotatable bonds is 4. The molecule has 2 aromatic rings. The van der Waals surface area contributed by atoms with E-state index in [1.54, 1.807) is 14.2 Å². The van der Waals surface area contributed by atoms with Gasteiger partial charge in [0.25, 0.3) is 5.72 Å². The predicted molar refractivity (Wildman–Crippen MR) is 98.2 cm³/mol. The van der Waals surface area contributed by atoms with Gasteiger partial charge in [-0.2, -0.15) is 4.99 Å². The molecule has 2 aromatic carbocycles. The van der Waals surface area contributed by atoms with Gasteiger partial charge in [-0.1, -0.05) is 22.9 Å². The second-order valence-corrected chi connectivity index (χ2v) is 6.39. The van der Waals surface area contributed by atoms with Crippen LogP contribution in [0, 0.1) is 6.92 Å². The van der Waals surface area contributed by atoms with Gasteiger partial charge < -0.3 is 19.0 Å². The highest BCUT2D eigenvalue weighted by atomic mass is 16.7. The van der Waals surface area contributed by atoms with Crippen LogP contribution in [0.1, 0.15) is 23.1 Å². The Bertz CT molecular complexity index is 889. The van der Waals surface area contributed by atoms with Crippen LogP contribution in [0.15, 0.2) is 52.6 Å². The van der Waals surface area contributed by atoms with Crippen molar-refractivity contribution in [3.05, 3.63) is 59.2 Å². The van der Waals surface area contributed by atoms with Crippen molar-refractivity contribution in [2.75, 3.05) is 20.8 Å². The summed E-state index contributed by atoms with van der Waals surface area (Å²) < 4.78 is 16.6. The summed E-state index contributed by atoms with van der Waals surface area (Å²) in [6.45, 7) is 2.37. The van der Waals surface area contributed by atoms with E-state index in [2.05, 4.69) is 10.1 Å².